The number of carbonyl (C=O) groups excluding carboxylic acids is 1. The monoisotopic (exact) mass is 290 g/mol. The summed E-state index contributed by atoms with van der Waals surface area (Å²) in [6.07, 6.45) is 3.12. The second-order valence-corrected chi connectivity index (χ2v) is 6.78. The van der Waals surface area contributed by atoms with Crippen LogP contribution in [0, 0.1) is 6.92 Å². The summed E-state index contributed by atoms with van der Waals surface area (Å²) in [5.74, 6) is 1.38. The molecule has 1 aliphatic rings. The molecule has 2 heterocycles. The van der Waals surface area contributed by atoms with Gasteiger partial charge in [-0.2, -0.15) is 0 Å². The molecule has 106 valence electrons. The average molecular weight is 290 g/mol. The molecule has 20 heavy (non-hydrogen) atoms. The van der Waals surface area contributed by atoms with Crippen molar-refractivity contribution in [3.05, 3.63) is 33.5 Å². The van der Waals surface area contributed by atoms with Crippen LogP contribution in [0.25, 0.3) is 0 Å². The molecule has 0 radical (unpaired) electrons. The van der Waals surface area contributed by atoms with Crippen LogP contribution in [0.1, 0.15) is 51.9 Å². The summed E-state index contributed by atoms with van der Waals surface area (Å²) < 4.78 is 0. The maximum atomic E-state index is 12.1. The van der Waals surface area contributed by atoms with Gasteiger partial charge in [-0.25, -0.2) is 4.98 Å². The molecule has 1 atom stereocenters. The van der Waals surface area contributed by atoms with E-state index >= 15 is 0 Å². The Bertz CT molecular complexity index is 614. The van der Waals surface area contributed by atoms with Gasteiger partial charge in [-0.3, -0.25) is 9.89 Å². The lowest BCUT2D eigenvalue weighted by molar-refractivity contribution is 0.0930. The Hall–Kier alpha value is -1.69. The van der Waals surface area contributed by atoms with E-state index in [1.165, 1.54) is 9.75 Å². The molecule has 1 fully saturated rings. The van der Waals surface area contributed by atoms with E-state index in [1.807, 2.05) is 6.92 Å². The van der Waals surface area contributed by atoms with E-state index in [-0.39, 0.29) is 17.8 Å². The molecule has 1 saturated carbocycles. The number of aromatic amines is 1. The van der Waals surface area contributed by atoms with Crippen molar-refractivity contribution in [1.82, 2.24) is 20.5 Å². The number of hydrogen-bond donors (Lipinski definition) is 2. The molecule has 6 heteroatoms. The third-order valence-electron chi connectivity index (χ3n) is 3.35. The van der Waals surface area contributed by atoms with Crippen molar-refractivity contribution in [1.29, 1.82) is 0 Å². The largest absolute Gasteiger partial charge is 0.346 e. The minimum atomic E-state index is -0.200. The number of nitrogens with one attached hydrogen (secondary N) is 2. The molecule has 1 aliphatic carbocycles. The summed E-state index contributed by atoms with van der Waals surface area (Å²) in [7, 11) is 0. The molecule has 3 rings (SSSR count). The van der Waals surface area contributed by atoms with E-state index in [0.29, 0.717) is 5.92 Å². The Morgan fingerprint density at radius 2 is 2.35 bits per heavy atom. The Labute approximate surface area is 121 Å². The molecule has 0 aliphatic heterocycles. The zero-order valence-electron chi connectivity index (χ0n) is 11.6. The van der Waals surface area contributed by atoms with Crippen molar-refractivity contribution in [3.8, 4) is 0 Å². The van der Waals surface area contributed by atoms with Gasteiger partial charge in [0.2, 0.25) is 5.82 Å². The number of aryl methyl sites for hydroxylation is 1. The lowest BCUT2D eigenvalue weighted by Crippen LogP contribution is -2.34. The highest BCUT2D eigenvalue weighted by atomic mass is 32.1. The molecular formula is C14H18N4OS. The van der Waals surface area contributed by atoms with Crippen molar-refractivity contribution < 1.29 is 4.79 Å². The lowest BCUT2D eigenvalue weighted by Gasteiger charge is -2.11. The number of aromatic nitrogens is 3. The van der Waals surface area contributed by atoms with Crippen LogP contribution in [0.5, 0.6) is 0 Å². The van der Waals surface area contributed by atoms with Gasteiger partial charge in [0.15, 0.2) is 0 Å². The van der Waals surface area contributed by atoms with Crippen LogP contribution in [0.2, 0.25) is 0 Å². The van der Waals surface area contributed by atoms with Crippen molar-refractivity contribution in [2.24, 2.45) is 0 Å². The summed E-state index contributed by atoms with van der Waals surface area (Å²) in [5.41, 5.74) is 0. The van der Waals surface area contributed by atoms with Crippen LogP contribution in [0.15, 0.2) is 12.1 Å². The second kappa shape index (κ2) is 5.36. The summed E-state index contributed by atoms with van der Waals surface area (Å²) in [6, 6.07) is 4.29. The molecule has 2 aromatic rings. The first-order valence-electron chi connectivity index (χ1n) is 6.90. The molecule has 0 saturated heterocycles. The third kappa shape index (κ3) is 3.07. The van der Waals surface area contributed by atoms with Crippen LogP contribution in [0.3, 0.4) is 0 Å². The number of hydrogen-bond acceptors (Lipinski definition) is 4. The predicted octanol–water partition coefficient (Wildman–Crippen LogP) is 2.41. The Morgan fingerprint density at radius 3 is 3.00 bits per heavy atom. The highest BCUT2D eigenvalue weighted by molar-refractivity contribution is 7.11. The van der Waals surface area contributed by atoms with Crippen molar-refractivity contribution in [2.75, 3.05) is 0 Å². The van der Waals surface area contributed by atoms with E-state index in [4.69, 9.17) is 0 Å². The summed E-state index contributed by atoms with van der Waals surface area (Å²) >= 11 is 1.77. The van der Waals surface area contributed by atoms with Crippen LogP contribution in [-0.4, -0.2) is 27.1 Å². The zero-order chi connectivity index (χ0) is 14.1. The summed E-state index contributed by atoms with van der Waals surface area (Å²) in [6.45, 7) is 4.09. The first-order valence-corrected chi connectivity index (χ1v) is 7.72. The number of nitrogens with zero attached hydrogens (tertiary/aromatic N) is 2. The fourth-order valence-electron chi connectivity index (χ4n) is 2.15. The van der Waals surface area contributed by atoms with Gasteiger partial charge in [0.1, 0.15) is 5.82 Å². The van der Waals surface area contributed by atoms with Gasteiger partial charge >= 0.3 is 0 Å². The fraction of sp³-hybridized carbons (Fsp3) is 0.500. The van der Waals surface area contributed by atoms with Crippen molar-refractivity contribution in [2.45, 2.75) is 45.1 Å². The zero-order valence-corrected chi connectivity index (χ0v) is 12.5. The molecule has 0 aromatic carbocycles. The third-order valence-corrected chi connectivity index (χ3v) is 4.37. The van der Waals surface area contributed by atoms with Crippen molar-refractivity contribution >= 4 is 17.2 Å². The highest BCUT2D eigenvalue weighted by Crippen LogP contribution is 2.37. The maximum Gasteiger partial charge on any atom is 0.291 e. The minimum absolute atomic E-state index is 0.0726. The number of amides is 1. The SMILES string of the molecule is Cc1ccc(CC(C)NC(=O)c2n[nH]c(C3CC3)n2)s1. The Kier molecular flexibility index (Phi) is 3.56. The van der Waals surface area contributed by atoms with Gasteiger partial charge in [-0.05, 0) is 38.8 Å². The summed E-state index contributed by atoms with van der Waals surface area (Å²) in [4.78, 5) is 18.9. The topological polar surface area (TPSA) is 70.7 Å². The van der Waals surface area contributed by atoms with E-state index in [1.54, 1.807) is 11.3 Å². The van der Waals surface area contributed by atoms with E-state index in [9.17, 15) is 4.79 Å². The predicted molar refractivity (Wildman–Crippen MR) is 78.0 cm³/mol. The van der Waals surface area contributed by atoms with E-state index < -0.39 is 0 Å². The fourth-order valence-corrected chi connectivity index (χ4v) is 3.17. The van der Waals surface area contributed by atoms with Crippen molar-refractivity contribution in [3.63, 3.8) is 0 Å². The smallest absolute Gasteiger partial charge is 0.291 e. The minimum Gasteiger partial charge on any atom is -0.346 e. The number of thiophene rings is 1. The molecule has 2 N–H and O–H groups in total. The Balaban J connectivity index is 1.56. The molecule has 1 unspecified atom stereocenters. The molecule has 1 amide bonds. The first kappa shape index (κ1) is 13.3. The highest BCUT2D eigenvalue weighted by Gasteiger charge is 2.28. The summed E-state index contributed by atoms with van der Waals surface area (Å²) in [5, 5.41) is 9.80. The van der Waals surface area contributed by atoms with Gasteiger partial charge in [0, 0.05) is 28.1 Å². The average Bonchev–Trinajstić information content (AvgIpc) is 2.98. The molecular weight excluding hydrogens is 272 g/mol. The number of rotatable bonds is 5. The lowest BCUT2D eigenvalue weighted by atomic mass is 10.2. The number of carbonyl (C=O) groups is 1. The standard InChI is InChI=1S/C14H18N4OS/c1-8(7-11-6-3-9(2)20-11)15-14(19)13-16-12(17-18-13)10-4-5-10/h3,6,8,10H,4-5,7H2,1-2H3,(H,15,19)(H,16,17,18). The van der Waals surface area contributed by atoms with Crippen LogP contribution >= 0.6 is 11.3 Å². The Morgan fingerprint density at radius 1 is 1.55 bits per heavy atom. The quantitative estimate of drug-likeness (QED) is 0.888. The molecule has 0 spiro atoms. The molecule has 2 aromatic heterocycles. The van der Waals surface area contributed by atoms with Gasteiger partial charge in [0.25, 0.3) is 5.91 Å². The number of H-pyrrole nitrogens is 1. The first-order chi connectivity index (χ1) is 9.61. The van der Waals surface area contributed by atoms with Gasteiger partial charge < -0.3 is 5.32 Å². The van der Waals surface area contributed by atoms with E-state index in [0.717, 1.165) is 25.1 Å². The van der Waals surface area contributed by atoms with Gasteiger partial charge in [-0.1, -0.05) is 0 Å². The molecule has 0 bridgehead atoms. The van der Waals surface area contributed by atoms with Crippen LogP contribution in [-0.2, 0) is 6.42 Å². The van der Waals surface area contributed by atoms with Crippen LogP contribution < -0.4 is 5.32 Å². The van der Waals surface area contributed by atoms with Gasteiger partial charge in [-0.15, -0.1) is 16.4 Å². The van der Waals surface area contributed by atoms with Gasteiger partial charge in [0.05, 0.1) is 0 Å². The second-order valence-electron chi connectivity index (χ2n) is 5.41. The maximum absolute atomic E-state index is 12.1. The normalized spacial score (nSPS) is 16.1. The van der Waals surface area contributed by atoms with E-state index in [2.05, 4.69) is 39.6 Å². The molecule has 5 nitrogen and oxygen atoms in total. The van der Waals surface area contributed by atoms with Crippen LogP contribution in [0.4, 0.5) is 0 Å².